The predicted octanol–water partition coefficient (Wildman–Crippen LogP) is 3.02. The third-order valence-corrected chi connectivity index (χ3v) is 3.55. The van der Waals surface area contributed by atoms with Gasteiger partial charge in [0.2, 0.25) is 0 Å². The van der Waals surface area contributed by atoms with E-state index < -0.39 is 5.97 Å². The van der Waals surface area contributed by atoms with Gasteiger partial charge in [0.05, 0.1) is 0 Å². The second-order valence-electron chi connectivity index (χ2n) is 4.74. The lowest BCUT2D eigenvalue weighted by atomic mass is 10.1. The molecule has 3 heteroatoms. The molecule has 1 aliphatic heterocycles. The zero-order chi connectivity index (χ0) is 13.0. The van der Waals surface area contributed by atoms with Gasteiger partial charge < -0.3 is 10.0 Å². The average molecular weight is 245 g/mol. The molecule has 0 bridgehead atoms. The van der Waals surface area contributed by atoms with Crippen molar-refractivity contribution in [3.63, 3.8) is 0 Å². The molecule has 0 amide bonds. The molecule has 1 aromatic rings. The molecule has 3 nitrogen and oxygen atoms in total. The normalized spacial score (nSPS) is 19.6. The fourth-order valence-corrected chi connectivity index (χ4v) is 2.46. The van der Waals surface area contributed by atoms with Gasteiger partial charge in [-0.25, -0.2) is 4.79 Å². The lowest BCUT2D eigenvalue weighted by Crippen LogP contribution is -2.20. The monoisotopic (exact) mass is 245 g/mol. The largest absolute Gasteiger partial charge is 0.478 e. The van der Waals surface area contributed by atoms with Gasteiger partial charge in [0.15, 0.2) is 0 Å². The molecule has 1 N–H and O–H groups in total. The van der Waals surface area contributed by atoms with E-state index in [4.69, 9.17) is 5.11 Å². The van der Waals surface area contributed by atoms with Crippen LogP contribution < -0.4 is 4.90 Å². The van der Waals surface area contributed by atoms with Crippen LogP contribution in [0.15, 0.2) is 30.3 Å². The smallest absolute Gasteiger partial charge is 0.328 e. The summed E-state index contributed by atoms with van der Waals surface area (Å²) in [6.07, 6.45) is 5.32. The number of aliphatic carboxylic acids is 1. The Hall–Kier alpha value is -1.77. The Labute approximate surface area is 108 Å². The second-order valence-corrected chi connectivity index (χ2v) is 4.74. The van der Waals surface area contributed by atoms with E-state index >= 15 is 0 Å². The first-order valence-electron chi connectivity index (χ1n) is 6.45. The molecule has 18 heavy (non-hydrogen) atoms. The number of benzene rings is 1. The molecule has 0 aromatic heterocycles. The summed E-state index contributed by atoms with van der Waals surface area (Å²) >= 11 is 0. The molecule has 1 aliphatic rings. The Morgan fingerprint density at radius 1 is 1.50 bits per heavy atom. The van der Waals surface area contributed by atoms with Gasteiger partial charge >= 0.3 is 5.97 Å². The van der Waals surface area contributed by atoms with Gasteiger partial charge in [-0.05, 0) is 30.0 Å². The topological polar surface area (TPSA) is 40.5 Å². The van der Waals surface area contributed by atoms with Crippen LogP contribution in [0.4, 0.5) is 5.69 Å². The minimum absolute atomic E-state index is 0.765. The molecular formula is C15H19NO2. The van der Waals surface area contributed by atoms with Crippen molar-refractivity contribution in [2.75, 3.05) is 18.0 Å². The van der Waals surface area contributed by atoms with Gasteiger partial charge in [0.25, 0.3) is 0 Å². The fraction of sp³-hybridized carbons (Fsp3) is 0.400. The highest BCUT2D eigenvalue weighted by molar-refractivity contribution is 5.87. The molecule has 1 fully saturated rings. The molecule has 1 saturated heterocycles. The highest BCUT2D eigenvalue weighted by atomic mass is 16.4. The molecule has 0 saturated carbocycles. The summed E-state index contributed by atoms with van der Waals surface area (Å²) in [5.41, 5.74) is 2.13. The maximum Gasteiger partial charge on any atom is 0.328 e. The van der Waals surface area contributed by atoms with Crippen molar-refractivity contribution in [2.24, 2.45) is 5.92 Å². The molecule has 1 heterocycles. The molecule has 1 aromatic carbocycles. The van der Waals surface area contributed by atoms with E-state index in [2.05, 4.69) is 17.9 Å². The van der Waals surface area contributed by atoms with Crippen molar-refractivity contribution >= 4 is 17.7 Å². The minimum Gasteiger partial charge on any atom is -0.478 e. The van der Waals surface area contributed by atoms with Gasteiger partial charge in [-0.15, -0.1) is 0 Å². The molecule has 1 atom stereocenters. The van der Waals surface area contributed by atoms with Crippen molar-refractivity contribution in [3.8, 4) is 0 Å². The Kier molecular flexibility index (Phi) is 4.03. The average Bonchev–Trinajstić information content (AvgIpc) is 2.85. The van der Waals surface area contributed by atoms with Gasteiger partial charge in [0.1, 0.15) is 0 Å². The summed E-state index contributed by atoms with van der Waals surface area (Å²) in [4.78, 5) is 13.0. The van der Waals surface area contributed by atoms with E-state index in [-0.39, 0.29) is 0 Å². The van der Waals surface area contributed by atoms with E-state index in [1.54, 1.807) is 6.08 Å². The minimum atomic E-state index is -0.905. The molecule has 0 spiro atoms. The zero-order valence-electron chi connectivity index (χ0n) is 10.7. The molecule has 0 radical (unpaired) electrons. The van der Waals surface area contributed by atoms with E-state index in [9.17, 15) is 4.79 Å². The van der Waals surface area contributed by atoms with Crippen molar-refractivity contribution in [3.05, 3.63) is 35.9 Å². The lowest BCUT2D eigenvalue weighted by Gasteiger charge is -2.20. The Bertz CT molecular complexity index is 454. The number of nitrogens with zero attached hydrogens (tertiary/aromatic N) is 1. The van der Waals surface area contributed by atoms with Crippen molar-refractivity contribution in [1.29, 1.82) is 0 Å². The van der Waals surface area contributed by atoms with Crippen LogP contribution in [0.25, 0.3) is 6.08 Å². The van der Waals surface area contributed by atoms with Crippen LogP contribution in [-0.4, -0.2) is 24.2 Å². The maximum atomic E-state index is 10.6. The van der Waals surface area contributed by atoms with Gasteiger partial charge in [-0.1, -0.05) is 31.5 Å². The number of carboxylic acid groups (broad SMARTS) is 1. The molecular weight excluding hydrogens is 226 g/mol. The second kappa shape index (κ2) is 5.71. The van der Waals surface area contributed by atoms with Gasteiger partial charge in [-0.2, -0.15) is 0 Å². The highest BCUT2D eigenvalue weighted by Gasteiger charge is 2.22. The number of carboxylic acids is 1. The van der Waals surface area contributed by atoms with E-state index in [1.165, 1.54) is 18.9 Å². The first-order valence-corrected chi connectivity index (χ1v) is 6.45. The molecule has 2 rings (SSSR count). The molecule has 1 unspecified atom stereocenters. The third kappa shape index (κ3) is 2.92. The van der Waals surface area contributed by atoms with E-state index in [0.717, 1.165) is 30.3 Å². The number of hydrogen-bond acceptors (Lipinski definition) is 2. The van der Waals surface area contributed by atoms with Crippen LogP contribution in [0.1, 0.15) is 25.3 Å². The van der Waals surface area contributed by atoms with Crippen LogP contribution in [0.2, 0.25) is 0 Å². The molecule has 96 valence electrons. The number of carbonyl (C=O) groups is 1. The van der Waals surface area contributed by atoms with Crippen molar-refractivity contribution in [2.45, 2.75) is 19.8 Å². The maximum absolute atomic E-state index is 10.6. The quantitative estimate of drug-likeness (QED) is 0.829. The highest BCUT2D eigenvalue weighted by Crippen LogP contribution is 2.28. The van der Waals surface area contributed by atoms with Crippen molar-refractivity contribution < 1.29 is 9.90 Å². The Balaban J connectivity index is 2.20. The summed E-state index contributed by atoms with van der Waals surface area (Å²) < 4.78 is 0. The first kappa shape index (κ1) is 12.7. The van der Waals surface area contributed by atoms with Gasteiger partial charge in [-0.3, -0.25) is 0 Å². The third-order valence-electron chi connectivity index (χ3n) is 3.55. The standard InChI is InChI=1S/C15H19NO2/c1-2-12-9-10-16(11-12)14-6-4-3-5-13(14)7-8-15(17)18/h3-8,12H,2,9-11H2,1H3,(H,17,18)/b8-7+. The van der Waals surface area contributed by atoms with Gasteiger partial charge in [0, 0.05) is 24.9 Å². The predicted molar refractivity (Wildman–Crippen MR) is 73.7 cm³/mol. The molecule has 0 aliphatic carbocycles. The van der Waals surface area contributed by atoms with Crippen LogP contribution >= 0.6 is 0 Å². The first-order chi connectivity index (χ1) is 8.70. The van der Waals surface area contributed by atoms with Crippen LogP contribution in [0.5, 0.6) is 0 Å². The van der Waals surface area contributed by atoms with Crippen molar-refractivity contribution in [1.82, 2.24) is 0 Å². The Morgan fingerprint density at radius 3 is 2.94 bits per heavy atom. The summed E-state index contributed by atoms with van der Waals surface area (Å²) in [6.45, 7) is 4.37. The number of anilines is 1. The number of hydrogen-bond donors (Lipinski definition) is 1. The fourth-order valence-electron chi connectivity index (χ4n) is 2.46. The number of para-hydroxylation sites is 1. The van der Waals surface area contributed by atoms with Crippen LogP contribution in [-0.2, 0) is 4.79 Å². The van der Waals surface area contributed by atoms with E-state index in [0.29, 0.717) is 0 Å². The van der Waals surface area contributed by atoms with E-state index in [1.807, 2.05) is 18.2 Å². The summed E-state index contributed by atoms with van der Waals surface area (Å²) in [5.74, 6) is -0.140. The summed E-state index contributed by atoms with van der Waals surface area (Å²) in [7, 11) is 0. The summed E-state index contributed by atoms with van der Waals surface area (Å²) in [5, 5.41) is 8.71. The van der Waals surface area contributed by atoms with Crippen LogP contribution in [0, 0.1) is 5.92 Å². The lowest BCUT2D eigenvalue weighted by molar-refractivity contribution is -0.131. The Morgan fingerprint density at radius 2 is 2.28 bits per heavy atom. The number of rotatable bonds is 4. The zero-order valence-corrected chi connectivity index (χ0v) is 10.7. The SMILES string of the molecule is CCC1CCN(c2ccccc2/C=C/C(=O)O)C1. The summed E-state index contributed by atoms with van der Waals surface area (Å²) in [6, 6.07) is 7.98. The van der Waals surface area contributed by atoms with Crippen LogP contribution in [0.3, 0.4) is 0 Å².